The fraction of sp³-hybridized carbons (Fsp3) is 0.0909. The van der Waals surface area contributed by atoms with Crippen molar-refractivity contribution in [2.75, 3.05) is 12.8 Å². The van der Waals surface area contributed by atoms with Crippen LogP contribution in [0.25, 0.3) is 16.8 Å². The average Bonchev–Trinajstić information content (AvgIpc) is 2.72. The van der Waals surface area contributed by atoms with Gasteiger partial charge in [-0.25, -0.2) is 0 Å². The average molecular weight is 358 g/mol. The lowest BCUT2D eigenvalue weighted by Gasteiger charge is -2.10. The molecule has 0 amide bonds. The summed E-state index contributed by atoms with van der Waals surface area (Å²) in [5, 5.41) is 0. The molecule has 0 atom stereocenters. The number of hydrogen-bond donors (Lipinski definition) is 2. The van der Waals surface area contributed by atoms with Gasteiger partial charge in [0.1, 0.15) is 5.75 Å². The Morgan fingerprint density at radius 1 is 1.11 bits per heavy atom. The number of hydrogen-bond acceptors (Lipinski definition) is 5. The van der Waals surface area contributed by atoms with Gasteiger partial charge in [0.25, 0.3) is 0 Å². The van der Waals surface area contributed by atoms with Gasteiger partial charge in [-0.2, -0.15) is 0 Å². The van der Waals surface area contributed by atoms with Gasteiger partial charge >= 0.3 is 0 Å². The van der Waals surface area contributed by atoms with Crippen molar-refractivity contribution < 1.29 is 4.74 Å². The molecule has 1 aromatic heterocycles. The van der Waals surface area contributed by atoms with E-state index in [4.69, 9.17) is 16.2 Å². The summed E-state index contributed by atoms with van der Waals surface area (Å²) in [6.45, 7) is 0.555. The van der Waals surface area contributed by atoms with Crippen LogP contribution in [0.4, 0.5) is 5.69 Å². The van der Waals surface area contributed by atoms with Crippen LogP contribution in [0, 0.1) is 0 Å². The van der Waals surface area contributed by atoms with E-state index in [1.165, 1.54) is 0 Å². The Morgan fingerprint density at radius 3 is 2.59 bits per heavy atom. The van der Waals surface area contributed by atoms with Crippen molar-refractivity contribution in [2.45, 2.75) is 6.54 Å². The molecule has 5 heteroatoms. The second-order valence-electron chi connectivity index (χ2n) is 6.00. The zero-order valence-corrected chi connectivity index (χ0v) is 15.2. The molecule has 0 bridgehead atoms. The maximum Gasteiger partial charge on any atom is 0.118 e. The lowest BCUT2D eigenvalue weighted by molar-refractivity contribution is 0.415. The zero-order chi connectivity index (χ0) is 19.1. The summed E-state index contributed by atoms with van der Waals surface area (Å²) < 4.78 is 5.21. The van der Waals surface area contributed by atoms with Crippen LogP contribution in [0.15, 0.2) is 78.1 Å². The van der Waals surface area contributed by atoms with Gasteiger partial charge in [-0.15, -0.1) is 0 Å². The minimum atomic E-state index is 0.555. The van der Waals surface area contributed by atoms with Crippen molar-refractivity contribution in [3.63, 3.8) is 0 Å². The first-order valence-electron chi connectivity index (χ1n) is 8.56. The predicted molar refractivity (Wildman–Crippen MR) is 111 cm³/mol. The first-order valence-corrected chi connectivity index (χ1v) is 8.56. The molecule has 4 N–H and O–H groups in total. The van der Waals surface area contributed by atoms with Gasteiger partial charge in [0.05, 0.1) is 13.7 Å². The molecule has 136 valence electrons. The normalized spacial score (nSPS) is 11.7. The van der Waals surface area contributed by atoms with Gasteiger partial charge in [-0.1, -0.05) is 24.3 Å². The number of aromatic nitrogens is 1. The Morgan fingerprint density at radius 2 is 1.89 bits per heavy atom. The fourth-order valence-corrected chi connectivity index (χ4v) is 2.64. The number of aliphatic imine (C=N–C) groups is 1. The Hall–Kier alpha value is -3.60. The van der Waals surface area contributed by atoms with Crippen LogP contribution in [0.1, 0.15) is 11.1 Å². The van der Waals surface area contributed by atoms with Crippen LogP contribution in [0.5, 0.6) is 5.75 Å². The number of pyridine rings is 1. The summed E-state index contributed by atoms with van der Waals surface area (Å²) in [4.78, 5) is 8.43. The van der Waals surface area contributed by atoms with Crippen molar-refractivity contribution in [1.29, 1.82) is 0 Å². The molecule has 3 rings (SSSR count). The van der Waals surface area contributed by atoms with E-state index in [0.29, 0.717) is 17.9 Å². The molecule has 1 heterocycles. The topological polar surface area (TPSA) is 86.5 Å². The van der Waals surface area contributed by atoms with Crippen molar-refractivity contribution in [3.8, 4) is 16.9 Å². The smallest absolute Gasteiger partial charge is 0.118 e. The number of nitrogen functional groups attached to an aromatic ring is 1. The zero-order valence-electron chi connectivity index (χ0n) is 15.2. The van der Waals surface area contributed by atoms with Gasteiger partial charge in [0, 0.05) is 35.6 Å². The van der Waals surface area contributed by atoms with Crippen LogP contribution in [-0.2, 0) is 6.54 Å². The van der Waals surface area contributed by atoms with Crippen molar-refractivity contribution in [2.24, 2.45) is 10.7 Å². The molecule has 5 nitrogen and oxygen atoms in total. The number of nitrogens with two attached hydrogens (primary N) is 2. The van der Waals surface area contributed by atoms with Crippen LogP contribution >= 0.6 is 0 Å². The van der Waals surface area contributed by atoms with E-state index < -0.39 is 0 Å². The fourth-order valence-electron chi connectivity index (χ4n) is 2.64. The number of methoxy groups -OCH3 is 1. The molecule has 0 saturated heterocycles. The summed E-state index contributed by atoms with van der Waals surface area (Å²) in [6.07, 6.45) is 6.99. The van der Waals surface area contributed by atoms with E-state index in [1.807, 2.05) is 54.6 Å². The highest BCUT2D eigenvalue weighted by Gasteiger charge is 2.06. The largest absolute Gasteiger partial charge is 0.497 e. The van der Waals surface area contributed by atoms with Crippen molar-refractivity contribution in [3.05, 3.63) is 84.2 Å². The van der Waals surface area contributed by atoms with Crippen LogP contribution in [0.3, 0.4) is 0 Å². The molecule has 0 unspecified atom stereocenters. The molecule has 0 aliphatic heterocycles. The predicted octanol–water partition coefficient (Wildman–Crippen LogP) is 3.91. The van der Waals surface area contributed by atoms with Crippen LogP contribution in [0.2, 0.25) is 0 Å². The molecular formula is C22H22N4O. The lowest BCUT2D eigenvalue weighted by atomic mass is 10.00. The number of allylic oxidation sites excluding steroid dienone is 1. The molecule has 2 aromatic carbocycles. The molecular weight excluding hydrogens is 336 g/mol. The highest BCUT2D eigenvalue weighted by atomic mass is 16.5. The maximum atomic E-state index is 6.23. The summed E-state index contributed by atoms with van der Waals surface area (Å²) in [5.74, 6) is 0.818. The summed E-state index contributed by atoms with van der Waals surface area (Å²) >= 11 is 0. The minimum Gasteiger partial charge on any atom is -0.497 e. The second-order valence-corrected chi connectivity index (χ2v) is 6.00. The second kappa shape index (κ2) is 8.67. The molecule has 27 heavy (non-hydrogen) atoms. The third kappa shape index (κ3) is 4.73. The minimum absolute atomic E-state index is 0.555. The Balaban J connectivity index is 1.78. The molecule has 0 saturated carbocycles. The number of ether oxygens (including phenoxy) is 1. The maximum absolute atomic E-state index is 6.23. The van der Waals surface area contributed by atoms with Crippen LogP contribution < -0.4 is 16.2 Å². The highest BCUT2D eigenvalue weighted by Crippen LogP contribution is 2.27. The van der Waals surface area contributed by atoms with E-state index in [2.05, 4.69) is 9.98 Å². The summed E-state index contributed by atoms with van der Waals surface area (Å²) in [7, 11) is 1.65. The van der Waals surface area contributed by atoms with E-state index in [1.54, 1.807) is 31.8 Å². The van der Waals surface area contributed by atoms with E-state index in [-0.39, 0.29) is 0 Å². The van der Waals surface area contributed by atoms with Gasteiger partial charge < -0.3 is 16.2 Å². The van der Waals surface area contributed by atoms with Gasteiger partial charge in [0.15, 0.2) is 0 Å². The highest BCUT2D eigenvalue weighted by molar-refractivity contribution is 5.87. The Labute approximate surface area is 159 Å². The first-order chi connectivity index (χ1) is 13.2. The number of rotatable bonds is 6. The molecule has 0 aliphatic rings. The molecule has 0 fully saturated rings. The molecule has 0 aliphatic carbocycles. The summed E-state index contributed by atoms with van der Waals surface area (Å²) in [5.41, 5.74) is 17.5. The monoisotopic (exact) mass is 358 g/mol. The Bertz CT molecular complexity index is 948. The lowest BCUT2D eigenvalue weighted by Crippen LogP contribution is -2.02. The number of nitrogens with zero attached hydrogens (tertiary/aromatic N) is 2. The van der Waals surface area contributed by atoms with Gasteiger partial charge in [-0.3, -0.25) is 9.98 Å². The van der Waals surface area contributed by atoms with E-state index in [9.17, 15) is 0 Å². The standard InChI is InChI=1S/C22H22N4O/c1-27-19-7-4-17(5-8-19)18-6-9-21(23)20(13-18)22(24)10-12-26-15-16-3-2-11-25-14-16/h2-14H,15,23-24H2,1H3/b22-10-,26-12?. The van der Waals surface area contributed by atoms with E-state index >= 15 is 0 Å². The molecule has 0 radical (unpaired) electrons. The third-order valence-corrected chi connectivity index (χ3v) is 4.14. The summed E-state index contributed by atoms with van der Waals surface area (Å²) in [6, 6.07) is 17.6. The number of anilines is 1. The van der Waals surface area contributed by atoms with Gasteiger partial charge in [0.2, 0.25) is 0 Å². The molecule has 0 spiro atoms. The number of benzene rings is 2. The molecule has 3 aromatic rings. The van der Waals surface area contributed by atoms with E-state index in [0.717, 1.165) is 28.0 Å². The first kappa shape index (κ1) is 18.2. The van der Waals surface area contributed by atoms with Crippen molar-refractivity contribution in [1.82, 2.24) is 4.98 Å². The van der Waals surface area contributed by atoms with Crippen LogP contribution in [-0.4, -0.2) is 18.3 Å². The van der Waals surface area contributed by atoms with Gasteiger partial charge in [-0.05, 0) is 53.1 Å². The van der Waals surface area contributed by atoms with Crippen molar-refractivity contribution >= 4 is 17.6 Å². The third-order valence-electron chi connectivity index (χ3n) is 4.14. The SMILES string of the molecule is COc1ccc(-c2ccc(N)c(/C(N)=C/C=NCc3cccnc3)c2)cc1. The quantitative estimate of drug-likeness (QED) is 0.517. The Kier molecular flexibility index (Phi) is 5.84.